The lowest BCUT2D eigenvalue weighted by molar-refractivity contribution is -0.0149. The highest BCUT2D eigenvalue weighted by molar-refractivity contribution is 7.83. The monoisotopic (exact) mass is 326 g/mol. The van der Waals surface area contributed by atoms with Crippen molar-refractivity contribution in [3.05, 3.63) is 29.8 Å². The van der Waals surface area contributed by atoms with Crippen molar-refractivity contribution >= 4 is 11.0 Å². The van der Waals surface area contributed by atoms with E-state index in [-0.39, 0.29) is 25.2 Å². The summed E-state index contributed by atoms with van der Waals surface area (Å²) < 4.78 is 41.9. The molecule has 0 aromatic heterocycles. The highest BCUT2D eigenvalue weighted by Crippen LogP contribution is 2.35. The van der Waals surface area contributed by atoms with E-state index < -0.39 is 22.9 Å². The molecule has 0 radical (unpaired) electrons. The smallest absolute Gasteiger partial charge is 0.237 e. The Bertz CT molecular complexity index is 569. The third kappa shape index (κ3) is 4.59. The van der Waals surface area contributed by atoms with E-state index >= 15 is 0 Å². The maximum atomic E-state index is 13.4. The second-order valence-corrected chi connectivity index (χ2v) is 7.10. The largest absolute Gasteiger partial charge is 0.248 e. The molecule has 6 heteroatoms. The molecule has 120 valence electrons. The van der Waals surface area contributed by atoms with Gasteiger partial charge in [-0.15, -0.1) is 0 Å². The number of rotatable bonds is 4. The first-order chi connectivity index (χ1) is 10.4. The van der Waals surface area contributed by atoms with Gasteiger partial charge in [-0.2, -0.15) is 5.26 Å². The van der Waals surface area contributed by atoms with Gasteiger partial charge in [0.2, 0.25) is 5.92 Å². The summed E-state index contributed by atoms with van der Waals surface area (Å²) in [5.74, 6) is -2.82. The van der Waals surface area contributed by atoms with Crippen molar-refractivity contribution in [2.24, 2.45) is 5.92 Å². The van der Waals surface area contributed by atoms with Crippen molar-refractivity contribution in [2.45, 2.75) is 55.9 Å². The van der Waals surface area contributed by atoms with Crippen LogP contribution in [0.15, 0.2) is 29.2 Å². The first-order valence-electron chi connectivity index (χ1n) is 7.43. The molecule has 0 spiro atoms. The topological polar surface area (TPSA) is 52.9 Å². The molecule has 22 heavy (non-hydrogen) atoms. The Labute approximate surface area is 132 Å². The van der Waals surface area contributed by atoms with E-state index in [1.165, 1.54) is 0 Å². The molecule has 0 aliphatic heterocycles. The quantitative estimate of drug-likeness (QED) is 0.858. The lowest BCUT2D eigenvalue weighted by atomic mass is 9.93. The first kappa shape index (κ1) is 17.0. The fourth-order valence-electron chi connectivity index (χ4n) is 2.70. The third-order valence-electron chi connectivity index (χ3n) is 4.08. The lowest BCUT2D eigenvalue weighted by Gasteiger charge is -2.21. The van der Waals surface area contributed by atoms with Gasteiger partial charge in [-0.05, 0) is 44.2 Å². The summed E-state index contributed by atoms with van der Waals surface area (Å²) in [5, 5.41) is 9.31. The van der Waals surface area contributed by atoms with Gasteiger partial charge in [-0.1, -0.05) is 17.7 Å². The van der Waals surface area contributed by atoms with Crippen LogP contribution in [-0.4, -0.2) is 16.2 Å². The highest BCUT2D eigenvalue weighted by Gasteiger charge is 2.35. The predicted octanol–water partition coefficient (Wildman–Crippen LogP) is 3.72. The average Bonchev–Trinajstić information content (AvgIpc) is 2.66. The summed E-state index contributed by atoms with van der Waals surface area (Å²) in [6.45, 7) is 1.93. The molecule has 0 bridgehead atoms. The Morgan fingerprint density at radius 2 is 2.00 bits per heavy atom. The zero-order valence-electron chi connectivity index (χ0n) is 12.5. The maximum absolute atomic E-state index is 13.4. The van der Waals surface area contributed by atoms with Crippen molar-refractivity contribution in [3.8, 4) is 6.07 Å². The average molecular weight is 326 g/mol. The Morgan fingerprint density at radius 3 is 2.64 bits per heavy atom. The predicted molar refractivity (Wildman–Crippen MR) is 81.6 cm³/mol. The minimum absolute atomic E-state index is 0.122. The maximum Gasteiger partial charge on any atom is 0.248 e. The molecule has 1 aromatic rings. The van der Waals surface area contributed by atoms with Gasteiger partial charge in [0, 0.05) is 12.8 Å². The second-order valence-electron chi connectivity index (χ2n) is 5.85. The van der Waals surface area contributed by atoms with E-state index in [9.17, 15) is 18.3 Å². The minimum atomic E-state index is -2.63. The molecule has 1 N–H and O–H groups in total. The van der Waals surface area contributed by atoms with Crippen LogP contribution >= 0.6 is 0 Å². The van der Waals surface area contributed by atoms with E-state index in [1.807, 2.05) is 19.1 Å². The minimum Gasteiger partial charge on any atom is -0.237 e. The van der Waals surface area contributed by atoms with Gasteiger partial charge in [0.1, 0.15) is 17.0 Å². The number of nitriles is 1. The van der Waals surface area contributed by atoms with Crippen LogP contribution in [-0.2, 0) is 11.0 Å². The molecular formula is C16H20F2N2OS. The first-order valence-corrected chi connectivity index (χ1v) is 8.58. The van der Waals surface area contributed by atoms with Gasteiger partial charge in [0.05, 0.1) is 11.0 Å². The number of hydrogen-bond donors (Lipinski definition) is 1. The van der Waals surface area contributed by atoms with Crippen molar-refractivity contribution in [1.29, 1.82) is 5.26 Å². The Balaban J connectivity index is 2.01. The fraction of sp³-hybridized carbons (Fsp3) is 0.562. The van der Waals surface area contributed by atoms with E-state index in [2.05, 4.69) is 10.8 Å². The number of aryl methyl sites for hydroxylation is 1. The Hall–Kier alpha value is -1.32. The van der Waals surface area contributed by atoms with Crippen LogP contribution in [0.5, 0.6) is 0 Å². The normalized spacial score (nSPS) is 24.0. The van der Waals surface area contributed by atoms with Crippen molar-refractivity contribution in [3.63, 3.8) is 0 Å². The van der Waals surface area contributed by atoms with E-state index in [4.69, 9.17) is 0 Å². The number of alkyl halides is 2. The van der Waals surface area contributed by atoms with Crippen molar-refractivity contribution in [2.75, 3.05) is 0 Å². The van der Waals surface area contributed by atoms with Gasteiger partial charge in [0.15, 0.2) is 0 Å². The van der Waals surface area contributed by atoms with Crippen LogP contribution < -0.4 is 4.72 Å². The molecule has 1 fully saturated rings. The summed E-state index contributed by atoms with van der Waals surface area (Å²) in [7, 11) is -1.51. The van der Waals surface area contributed by atoms with Crippen LogP contribution in [0.2, 0.25) is 0 Å². The lowest BCUT2D eigenvalue weighted by Crippen LogP contribution is -2.36. The third-order valence-corrected chi connectivity index (χ3v) is 5.25. The summed E-state index contributed by atoms with van der Waals surface area (Å²) in [4.78, 5) is 0.588. The number of hydrogen-bond acceptors (Lipinski definition) is 2. The van der Waals surface area contributed by atoms with Crippen LogP contribution in [0.3, 0.4) is 0 Å². The number of halogens is 2. The van der Waals surface area contributed by atoms with Gasteiger partial charge < -0.3 is 0 Å². The molecule has 1 unspecified atom stereocenters. The molecular weight excluding hydrogens is 306 g/mol. The molecule has 0 heterocycles. The molecule has 1 saturated carbocycles. The zero-order valence-corrected chi connectivity index (χ0v) is 13.3. The zero-order chi connectivity index (χ0) is 16.2. The Kier molecular flexibility index (Phi) is 5.65. The summed E-state index contributed by atoms with van der Waals surface area (Å²) in [6.07, 6.45) is 0.918. The van der Waals surface area contributed by atoms with E-state index in [1.54, 1.807) is 12.1 Å². The second kappa shape index (κ2) is 7.30. The molecule has 2 rings (SSSR count). The van der Waals surface area contributed by atoms with E-state index in [0.29, 0.717) is 17.7 Å². The number of nitrogens with one attached hydrogen (secondary N) is 1. The molecule has 0 saturated heterocycles. The Morgan fingerprint density at radius 1 is 1.32 bits per heavy atom. The van der Waals surface area contributed by atoms with Gasteiger partial charge >= 0.3 is 0 Å². The molecule has 3 nitrogen and oxygen atoms in total. The molecule has 3 atom stereocenters. The van der Waals surface area contributed by atoms with Crippen LogP contribution in [0.1, 0.15) is 37.7 Å². The van der Waals surface area contributed by atoms with Gasteiger partial charge in [-0.25, -0.2) is 17.7 Å². The standard InChI is InChI=1S/C16H20F2N2OS/c1-12-4-6-14(7-5-12)22(21)20-15(11-19)13-3-2-9-16(17,18)10-8-13/h4-7,13,15,20H,2-3,8-10H2,1H3/t13?,15-,22+/m1/s1. The number of nitrogens with zero attached hydrogens (tertiary/aromatic N) is 1. The van der Waals surface area contributed by atoms with Gasteiger partial charge in [-0.3, -0.25) is 0 Å². The molecule has 0 amide bonds. The molecule has 1 aliphatic rings. The van der Waals surface area contributed by atoms with Crippen LogP contribution in [0, 0.1) is 24.2 Å². The summed E-state index contributed by atoms with van der Waals surface area (Å²) >= 11 is 0. The van der Waals surface area contributed by atoms with E-state index in [0.717, 1.165) is 5.56 Å². The van der Waals surface area contributed by atoms with Crippen LogP contribution in [0.25, 0.3) is 0 Å². The highest BCUT2D eigenvalue weighted by atomic mass is 32.2. The van der Waals surface area contributed by atoms with Crippen molar-refractivity contribution < 1.29 is 13.0 Å². The van der Waals surface area contributed by atoms with Crippen molar-refractivity contribution in [1.82, 2.24) is 4.72 Å². The SMILES string of the molecule is Cc1ccc([S@](=O)N[C@H](C#N)C2CCCC(F)(F)CC2)cc1. The molecule has 1 aliphatic carbocycles. The fourth-order valence-corrected chi connectivity index (χ4v) is 3.69. The van der Waals surface area contributed by atoms with Gasteiger partial charge in [0.25, 0.3) is 0 Å². The number of benzene rings is 1. The van der Waals surface area contributed by atoms with Crippen LogP contribution in [0.4, 0.5) is 8.78 Å². The molecule has 1 aromatic carbocycles. The summed E-state index contributed by atoms with van der Waals surface area (Å²) in [5.41, 5.74) is 1.06. The summed E-state index contributed by atoms with van der Waals surface area (Å²) in [6, 6.07) is 8.61.